The molecule has 1 unspecified atom stereocenters. The zero-order valence-electron chi connectivity index (χ0n) is 10.4. The van der Waals surface area contributed by atoms with Crippen molar-refractivity contribution in [3.8, 4) is 0 Å². The van der Waals surface area contributed by atoms with Crippen LogP contribution in [0, 0.1) is 0 Å². The van der Waals surface area contributed by atoms with Gasteiger partial charge < -0.3 is 9.67 Å². The highest BCUT2D eigenvalue weighted by Gasteiger charge is 2.15. The summed E-state index contributed by atoms with van der Waals surface area (Å²) in [4.78, 5) is 5.43. The normalized spacial score (nSPS) is 13.0. The number of halogens is 1. The van der Waals surface area contributed by atoms with Crippen LogP contribution in [-0.4, -0.2) is 14.7 Å². The maximum Gasteiger partial charge on any atom is 0.112 e. The van der Waals surface area contributed by atoms with Crippen molar-refractivity contribution in [2.75, 3.05) is 0 Å². The Morgan fingerprint density at radius 1 is 1.42 bits per heavy atom. The third-order valence-electron chi connectivity index (χ3n) is 3.17. The Hall–Kier alpha value is -1.36. The fourth-order valence-corrected chi connectivity index (χ4v) is 3.22. The molecule has 0 aliphatic carbocycles. The van der Waals surface area contributed by atoms with Crippen molar-refractivity contribution < 1.29 is 5.11 Å². The Morgan fingerprint density at radius 2 is 2.21 bits per heavy atom. The van der Waals surface area contributed by atoms with Gasteiger partial charge >= 0.3 is 0 Å². The maximum atomic E-state index is 10.2. The fourth-order valence-electron chi connectivity index (χ4n) is 2.15. The van der Waals surface area contributed by atoms with E-state index in [0.717, 1.165) is 21.7 Å². The summed E-state index contributed by atoms with van der Waals surface area (Å²) in [5.41, 5.74) is 2.03. The molecule has 0 radical (unpaired) electrons. The van der Waals surface area contributed by atoms with Gasteiger partial charge in [0.2, 0.25) is 0 Å². The lowest BCUT2D eigenvalue weighted by molar-refractivity contribution is 0.179. The lowest BCUT2D eigenvalue weighted by Gasteiger charge is -2.08. The third-order valence-corrected chi connectivity index (χ3v) is 4.55. The minimum atomic E-state index is -0.562. The van der Waals surface area contributed by atoms with E-state index >= 15 is 0 Å². The first-order valence-electron chi connectivity index (χ1n) is 5.97. The molecule has 0 aliphatic rings. The Morgan fingerprint density at radius 3 is 2.89 bits per heavy atom. The number of hydrogen-bond acceptors (Lipinski definition) is 3. The highest BCUT2D eigenvalue weighted by Crippen LogP contribution is 2.28. The van der Waals surface area contributed by atoms with Crippen molar-refractivity contribution in [3.63, 3.8) is 0 Å². The van der Waals surface area contributed by atoms with Crippen molar-refractivity contribution in [3.05, 3.63) is 51.4 Å². The summed E-state index contributed by atoms with van der Waals surface area (Å²) in [7, 11) is 1.97. The summed E-state index contributed by atoms with van der Waals surface area (Å²) >= 11 is 7.35. The number of aliphatic hydroxyl groups is 1. The lowest BCUT2D eigenvalue weighted by Crippen LogP contribution is -2.05. The number of aromatic nitrogens is 2. The molecule has 3 aromatic rings. The Labute approximate surface area is 120 Å². The molecule has 2 heterocycles. The highest BCUT2D eigenvalue weighted by molar-refractivity contribution is 7.10. The van der Waals surface area contributed by atoms with Crippen LogP contribution in [0.15, 0.2) is 35.7 Å². The van der Waals surface area contributed by atoms with Gasteiger partial charge in [-0.3, -0.25) is 0 Å². The highest BCUT2D eigenvalue weighted by atomic mass is 35.5. The van der Waals surface area contributed by atoms with E-state index in [0.29, 0.717) is 11.4 Å². The van der Waals surface area contributed by atoms with Crippen molar-refractivity contribution in [1.29, 1.82) is 0 Å². The first kappa shape index (κ1) is 12.7. The third kappa shape index (κ3) is 2.39. The number of thiophene rings is 1. The topological polar surface area (TPSA) is 38.0 Å². The minimum absolute atomic E-state index is 0.488. The number of imidazole rings is 1. The van der Waals surface area contributed by atoms with Gasteiger partial charge in [0.25, 0.3) is 0 Å². The van der Waals surface area contributed by atoms with Gasteiger partial charge in [-0.25, -0.2) is 4.98 Å². The predicted molar refractivity (Wildman–Crippen MR) is 78.7 cm³/mol. The van der Waals surface area contributed by atoms with E-state index in [9.17, 15) is 5.11 Å². The van der Waals surface area contributed by atoms with Crippen LogP contribution in [0.1, 0.15) is 16.8 Å². The molecule has 0 fully saturated rings. The molecule has 19 heavy (non-hydrogen) atoms. The zero-order valence-corrected chi connectivity index (χ0v) is 11.9. The molecule has 3 rings (SSSR count). The van der Waals surface area contributed by atoms with Crippen molar-refractivity contribution in [2.45, 2.75) is 12.5 Å². The van der Waals surface area contributed by atoms with E-state index in [1.807, 2.05) is 41.3 Å². The molecule has 2 aromatic heterocycles. The molecule has 0 spiro atoms. The molecule has 0 aliphatic heterocycles. The average Bonchev–Trinajstić information content (AvgIpc) is 2.96. The molecular weight excluding hydrogens is 280 g/mol. The lowest BCUT2D eigenvalue weighted by atomic mass is 10.2. The van der Waals surface area contributed by atoms with Gasteiger partial charge in [0.15, 0.2) is 0 Å². The molecule has 0 bridgehead atoms. The molecule has 3 nitrogen and oxygen atoms in total. The first-order chi connectivity index (χ1) is 9.15. The average molecular weight is 293 g/mol. The monoisotopic (exact) mass is 292 g/mol. The number of nitrogens with zero attached hydrogens (tertiary/aromatic N) is 2. The molecular formula is C14H13ClN2OS. The van der Waals surface area contributed by atoms with Crippen LogP contribution in [0.3, 0.4) is 0 Å². The fraction of sp³-hybridized carbons (Fsp3) is 0.214. The van der Waals surface area contributed by atoms with E-state index in [1.54, 1.807) is 6.07 Å². The van der Waals surface area contributed by atoms with Crippen molar-refractivity contribution in [1.82, 2.24) is 9.55 Å². The zero-order chi connectivity index (χ0) is 13.4. The van der Waals surface area contributed by atoms with E-state index < -0.39 is 6.10 Å². The molecule has 0 amide bonds. The summed E-state index contributed by atoms with van der Waals surface area (Å²) in [5, 5.41) is 12.7. The standard InChI is InChI=1S/C14H13ClN2OS/c1-17-11-5-3-2-4-10(11)16-14(17)7-12(18)13-6-9(15)8-19-13/h2-6,8,12,18H,7H2,1H3. The Balaban J connectivity index is 1.91. The van der Waals surface area contributed by atoms with Crippen LogP contribution in [0.5, 0.6) is 0 Å². The number of fused-ring (bicyclic) bond motifs is 1. The van der Waals surface area contributed by atoms with E-state index in [1.165, 1.54) is 11.3 Å². The second-order valence-corrected chi connectivity index (χ2v) is 5.84. The van der Waals surface area contributed by atoms with Gasteiger partial charge in [-0.15, -0.1) is 11.3 Å². The smallest absolute Gasteiger partial charge is 0.112 e. The largest absolute Gasteiger partial charge is 0.387 e. The predicted octanol–water partition coefficient (Wildman–Crippen LogP) is 3.56. The van der Waals surface area contributed by atoms with Gasteiger partial charge in [0.1, 0.15) is 5.82 Å². The van der Waals surface area contributed by atoms with E-state index in [2.05, 4.69) is 4.98 Å². The molecule has 5 heteroatoms. The molecule has 98 valence electrons. The number of aryl methyl sites for hydroxylation is 1. The molecule has 0 saturated heterocycles. The van der Waals surface area contributed by atoms with Crippen molar-refractivity contribution in [2.24, 2.45) is 7.05 Å². The van der Waals surface area contributed by atoms with Gasteiger partial charge in [-0.05, 0) is 18.2 Å². The number of para-hydroxylation sites is 2. The Kier molecular flexibility index (Phi) is 3.31. The number of hydrogen-bond donors (Lipinski definition) is 1. The summed E-state index contributed by atoms with van der Waals surface area (Å²) in [6, 6.07) is 9.77. The van der Waals surface area contributed by atoms with Crippen LogP contribution in [0.2, 0.25) is 5.02 Å². The van der Waals surface area contributed by atoms with Crippen molar-refractivity contribution >= 4 is 34.0 Å². The number of benzene rings is 1. The van der Waals surface area contributed by atoms with Crippen LogP contribution >= 0.6 is 22.9 Å². The summed E-state index contributed by atoms with van der Waals surface area (Å²) in [5.74, 6) is 0.873. The van der Waals surface area contributed by atoms with E-state index in [-0.39, 0.29) is 0 Å². The van der Waals surface area contributed by atoms with E-state index in [4.69, 9.17) is 11.6 Å². The Bertz CT molecular complexity index is 719. The second kappa shape index (κ2) is 4.96. The SMILES string of the molecule is Cn1c(CC(O)c2cc(Cl)cs2)nc2ccccc21. The van der Waals surface area contributed by atoms with Crippen LogP contribution in [0.4, 0.5) is 0 Å². The van der Waals surface area contributed by atoms with Gasteiger partial charge in [0, 0.05) is 23.7 Å². The van der Waals surface area contributed by atoms with Crippen LogP contribution in [0.25, 0.3) is 11.0 Å². The second-order valence-electron chi connectivity index (χ2n) is 4.46. The molecule has 1 atom stereocenters. The summed E-state index contributed by atoms with van der Waals surface area (Å²) in [6.07, 6.45) is -0.0739. The van der Waals surface area contributed by atoms with Gasteiger partial charge in [-0.2, -0.15) is 0 Å². The molecule has 1 aromatic carbocycles. The van der Waals surface area contributed by atoms with Crippen LogP contribution < -0.4 is 0 Å². The first-order valence-corrected chi connectivity index (χ1v) is 7.23. The van der Waals surface area contributed by atoms with Crippen LogP contribution in [-0.2, 0) is 13.5 Å². The molecule has 0 saturated carbocycles. The van der Waals surface area contributed by atoms with Gasteiger partial charge in [0.05, 0.1) is 22.2 Å². The number of rotatable bonds is 3. The van der Waals surface area contributed by atoms with Gasteiger partial charge in [-0.1, -0.05) is 23.7 Å². The molecule has 1 N–H and O–H groups in total. The number of aliphatic hydroxyl groups excluding tert-OH is 1. The quantitative estimate of drug-likeness (QED) is 0.801. The summed E-state index contributed by atoms with van der Waals surface area (Å²) in [6.45, 7) is 0. The maximum absolute atomic E-state index is 10.2. The summed E-state index contributed by atoms with van der Waals surface area (Å²) < 4.78 is 2.02. The minimum Gasteiger partial charge on any atom is -0.387 e.